The Kier molecular flexibility index (Phi) is 7.63. The second kappa shape index (κ2) is 8.96. The second-order valence-electron chi connectivity index (χ2n) is 3.96. The molecule has 0 aromatic heterocycles. The van der Waals surface area contributed by atoms with Crippen molar-refractivity contribution >= 4 is 43.5 Å². The van der Waals surface area contributed by atoms with Gasteiger partial charge < -0.3 is 24.2 Å². The van der Waals surface area contributed by atoms with Gasteiger partial charge in [0.15, 0.2) is 18.3 Å². The van der Waals surface area contributed by atoms with Crippen molar-refractivity contribution in [3.63, 3.8) is 0 Å². The summed E-state index contributed by atoms with van der Waals surface area (Å²) in [5.41, 5.74) is 0.420. The number of oxime groups is 1. The number of nitrogens with zero attached hydrogens (tertiary/aromatic N) is 1. The molecule has 1 aromatic carbocycles. The summed E-state index contributed by atoms with van der Waals surface area (Å²) in [5.74, 6) is 0.200. The van der Waals surface area contributed by atoms with Crippen LogP contribution in [0, 0.1) is 0 Å². The molecular weight excluding hydrogens is 426 g/mol. The van der Waals surface area contributed by atoms with Crippen molar-refractivity contribution in [1.29, 1.82) is 0 Å². The minimum Gasteiger partial charge on any atom is -0.494 e. The molecule has 0 bridgehead atoms. The Labute approximate surface area is 144 Å². The van der Waals surface area contributed by atoms with Gasteiger partial charge in [-0.15, -0.1) is 0 Å². The van der Waals surface area contributed by atoms with Crippen LogP contribution < -0.4 is 9.47 Å². The highest BCUT2D eigenvalue weighted by Crippen LogP contribution is 2.43. The van der Waals surface area contributed by atoms with Crippen molar-refractivity contribution < 1.29 is 28.9 Å². The van der Waals surface area contributed by atoms with Crippen LogP contribution in [0.1, 0.15) is 5.56 Å². The van der Waals surface area contributed by atoms with E-state index in [0.29, 0.717) is 26.0 Å². The molecule has 122 valence electrons. The zero-order chi connectivity index (χ0) is 16.7. The number of carbonyl (C=O) groups is 1. The van der Waals surface area contributed by atoms with Gasteiger partial charge in [0.25, 0.3) is 0 Å². The van der Waals surface area contributed by atoms with Crippen molar-refractivity contribution in [3.05, 3.63) is 20.6 Å². The summed E-state index contributed by atoms with van der Waals surface area (Å²) in [6.07, 6.45) is 0.00339. The molecule has 1 aromatic rings. The zero-order valence-corrected chi connectivity index (χ0v) is 15.4. The van der Waals surface area contributed by atoms with Crippen LogP contribution in [0.4, 0.5) is 0 Å². The third kappa shape index (κ3) is 4.34. The van der Waals surface area contributed by atoms with Crippen LogP contribution in [-0.2, 0) is 20.7 Å². The lowest BCUT2D eigenvalue weighted by Gasteiger charge is -2.16. The van der Waals surface area contributed by atoms with Gasteiger partial charge >= 0.3 is 5.97 Å². The molecule has 9 heteroatoms. The number of ether oxygens (including phenoxy) is 4. The van der Waals surface area contributed by atoms with Crippen LogP contribution in [0.2, 0.25) is 0 Å². The lowest BCUT2D eigenvalue weighted by Crippen LogP contribution is -2.19. The highest BCUT2D eigenvalue weighted by atomic mass is 79.9. The number of hydrogen-bond donors (Lipinski definition) is 1. The highest BCUT2D eigenvalue weighted by Gasteiger charge is 2.22. The van der Waals surface area contributed by atoms with E-state index in [-0.39, 0.29) is 18.9 Å². The molecule has 1 N–H and O–H groups in total. The number of rotatable bonds is 7. The highest BCUT2D eigenvalue weighted by molar-refractivity contribution is 9.11. The second-order valence-corrected chi connectivity index (χ2v) is 5.61. The molecule has 0 fully saturated rings. The first-order chi connectivity index (χ1) is 10.5. The molecule has 0 aliphatic carbocycles. The fourth-order valence-electron chi connectivity index (χ4n) is 1.67. The molecule has 22 heavy (non-hydrogen) atoms. The number of esters is 1. The van der Waals surface area contributed by atoms with Gasteiger partial charge in [-0.25, -0.2) is 4.79 Å². The molecule has 0 aliphatic heterocycles. The van der Waals surface area contributed by atoms with E-state index in [1.54, 1.807) is 6.07 Å². The number of halogens is 2. The summed E-state index contributed by atoms with van der Waals surface area (Å²) in [6.45, 7) is 0.000210. The Morgan fingerprint density at radius 3 is 2.45 bits per heavy atom. The molecule has 0 aliphatic rings. The fourth-order valence-corrected chi connectivity index (χ4v) is 3.32. The van der Waals surface area contributed by atoms with Gasteiger partial charge in [-0.05, 0) is 37.9 Å². The largest absolute Gasteiger partial charge is 0.494 e. The van der Waals surface area contributed by atoms with Crippen molar-refractivity contribution in [2.24, 2.45) is 5.16 Å². The normalized spacial score (nSPS) is 11.2. The van der Waals surface area contributed by atoms with Gasteiger partial charge in [0.05, 0.1) is 18.7 Å². The molecule has 0 radical (unpaired) electrons. The Morgan fingerprint density at radius 2 is 1.95 bits per heavy atom. The summed E-state index contributed by atoms with van der Waals surface area (Å²) in [5, 5.41) is 11.9. The number of carbonyl (C=O) groups excluding carboxylic acids is 1. The van der Waals surface area contributed by atoms with Gasteiger partial charge in [0.1, 0.15) is 10.2 Å². The van der Waals surface area contributed by atoms with E-state index >= 15 is 0 Å². The monoisotopic (exact) mass is 439 g/mol. The number of methoxy groups -OCH3 is 3. The Morgan fingerprint density at radius 1 is 1.27 bits per heavy atom. The van der Waals surface area contributed by atoms with Crippen molar-refractivity contribution in [2.45, 2.75) is 6.42 Å². The van der Waals surface area contributed by atoms with Crippen LogP contribution in [0.15, 0.2) is 20.2 Å². The van der Waals surface area contributed by atoms with Crippen molar-refractivity contribution in [2.75, 3.05) is 28.1 Å². The van der Waals surface area contributed by atoms with Crippen LogP contribution in [0.25, 0.3) is 0 Å². The topological polar surface area (TPSA) is 86.6 Å². The molecule has 0 saturated carbocycles. The molecule has 0 heterocycles. The Bertz CT molecular complexity index is 576. The van der Waals surface area contributed by atoms with Crippen LogP contribution >= 0.6 is 31.9 Å². The van der Waals surface area contributed by atoms with Crippen molar-refractivity contribution in [3.8, 4) is 11.5 Å². The van der Waals surface area contributed by atoms with Gasteiger partial charge in [0, 0.05) is 19.1 Å². The standard InChI is InChI=1S/C13H15Br2NO6/c1-19-6-22-11-7(5-9(16-18)13(17)21-3)4-8(14)12(20-2)10(11)15/h4,18H,5-6H2,1-3H3/b16-9+. The lowest BCUT2D eigenvalue weighted by atomic mass is 10.1. The smallest absolute Gasteiger partial charge is 0.356 e. The first-order valence-corrected chi connectivity index (χ1v) is 7.54. The minimum atomic E-state index is -0.733. The average molecular weight is 441 g/mol. The van der Waals surface area contributed by atoms with Crippen molar-refractivity contribution in [1.82, 2.24) is 0 Å². The summed E-state index contributed by atoms with van der Waals surface area (Å²) >= 11 is 6.75. The summed E-state index contributed by atoms with van der Waals surface area (Å²) in [6, 6.07) is 1.70. The van der Waals surface area contributed by atoms with E-state index in [1.165, 1.54) is 21.3 Å². The van der Waals surface area contributed by atoms with E-state index in [9.17, 15) is 4.79 Å². The third-order valence-corrected chi connectivity index (χ3v) is 3.94. The van der Waals surface area contributed by atoms with E-state index in [0.717, 1.165) is 0 Å². The maximum Gasteiger partial charge on any atom is 0.356 e. The quantitative estimate of drug-likeness (QED) is 0.230. The average Bonchev–Trinajstić information content (AvgIpc) is 2.51. The van der Waals surface area contributed by atoms with E-state index in [1.807, 2.05) is 0 Å². The fraction of sp³-hybridized carbons (Fsp3) is 0.385. The maximum absolute atomic E-state index is 11.5. The summed E-state index contributed by atoms with van der Waals surface area (Å²) in [4.78, 5) is 11.5. The van der Waals surface area contributed by atoms with Gasteiger partial charge in [-0.1, -0.05) is 5.16 Å². The SMILES string of the molecule is COCOc1c(C/C(=N\O)C(=O)OC)cc(Br)c(OC)c1Br. The molecule has 0 spiro atoms. The van der Waals surface area contributed by atoms with Crippen LogP contribution in [-0.4, -0.2) is 45.0 Å². The van der Waals surface area contributed by atoms with Gasteiger partial charge in [-0.3, -0.25) is 0 Å². The molecular formula is C13H15Br2NO6. The predicted octanol–water partition coefficient (Wildman–Crippen LogP) is 2.75. The molecule has 0 saturated heterocycles. The van der Waals surface area contributed by atoms with E-state index < -0.39 is 5.97 Å². The van der Waals surface area contributed by atoms with E-state index in [2.05, 4.69) is 41.8 Å². The first kappa shape index (κ1) is 18.7. The maximum atomic E-state index is 11.5. The zero-order valence-electron chi connectivity index (χ0n) is 12.2. The Balaban J connectivity index is 3.29. The third-order valence-electron chi connectivity index (χ3n) is 2.63. The molecule has 0 atom stereocenters. The molecule has 0 amide bonds. The predicted molar refractivity (Wildman–Crippen MR) is 85.8 cm³/mol. The first-order valence-electron chi connectivity index (χ1n) is 5.95. The summed E-state index contributed by atoms with van der Waals surface area (Å²) < 4.78 is 21.4. The number of hydrogen-bond acceptors (Lipinski definition) is 7. The summed E-state index contributed by atoms with van der Waals surface area (Å²) in [7, 11) is 4.20. The lowest BCUT2D eigenvalue weighted by molar-refractivity contribution is -0.133. The molecule has 0 unspecified atom stereocenters. The Hall–Kier alpha value is -1.32. The van der Waals surface area contributed by atoms with Crippen LogP contribution in [0.3, 0.4) is 0 Å². The molecule has 7 nitrogen and oxygen atoms in total. The minimum absolute atomic E-state index is 0.000210. The number of benzene rings is 1. The van der Waals surface area contributed by atoms with E-state index in [4.69, 9.17) is 19.4 Å². The van der Waals surface area contributed by atoms with Gasteiger partial charge in [0.2, 0.25) is 0 Å². The molecule has 1 rings (SSSR count). The van der Waals surface area contributed by atoms with Crippen LogP contribution in [0.5, 0.6) is 11.5 Å². The van der Waals surface area contributed by atoms with Gasteiger partial charge in [-0.2, -0.15) is 0 Å².